The molecule has 0 spiro atoms. The third-order valence-corrected chi connectivity index (χ3v) is 8.44. The van der Waals surface area contributed by atoms with Gasteiger partial charge in [-0.05, 0) is 10.8 Å². The Morgan fingerprint density at radius 2 is 1.17 bits per heavy atom. The molecule has 0 saturated heterocycles. The molecule has 0 aliphatic heterocycles. The summed E-state index contributed by atoms with van der Waals surface area (Å²) in [4.78, 5) is 0. The molecular formula is C35H46Zr. The fraction of sp³-hybridized carbons (Fsp3) is 0.486. The minimum atomic E-state index is 0.194. The van der Waals surface area contributed by atoms with Crippen molar-refractivity contribution < 1.29 is 24.2 Å². The molecule has 0 aromatic heterocycles. The first-order valence-corrected chi connectivity index (χ1v) is 14.9. The molecule has 36 heavy (non-hydrogen) atoms. The zero-order chi connectivity index (χ0) is 26.7. The van der Waals surface area contributed by atoms with Crippen molar-refractivity contribution in [3.63, 3.8) is 0 Å². The van der Waals surface area contributed by atoms with Gasteiger partial charge in [0.15, 0.2) is 0 Å². The van der Waals surface area contributed by atoms with Crippen LogP contribution in [0.15, 0.2) is 60.2 Å². The SMILES string of the molecule is CC(C)(C)C1=CC[C-]=C1.CC(C)(C)c1ccc2[cH-]c3ccc(C(C)(C)C)cc3c2c1.[Zr+2]=[C]1CCCC1. The van der Waals surface area contributed by atoms with Crippen LogP contribution in [-0.4, -0.2) is 3.21 Å². The maximum absolute atomic E-state index is 3.16. The van der Waals surface area contributed by atoms with E-state index in [9.17, 15) is 0 Å². The Hall–Kier alpha value is -1.46. The van der Waals surface area contributed by atoms with E-state index < -0.39 is 0 Å². The zero-order valence-corrected chi connectivity index (χ0v) is 26.7. The molecule has 190 valence electrons. The Balaban J connectivity index is 0.000000196. The molecule has 0 unspecified atom stereocenters. The van der Waals surface area contributed by atoms with Crippen LogP contribution in [0.25, 0.3) is 21.5 Å². The average molecular weight is 558 g/mol. The quantitative estimate of drug-likeness (QED) is 0.241. The van der Waals surface area contributed by atoms with Crippen LogP contribution in [0, 0.1) is 11.5 Å². The Morgan fingerprint density at radius 3 is 1.44 bits per heavy atom. The Kier molecular flexibility index (Phi) is 9.31. The number of hydrogen-bond donors (Lipinski definition) is 0. The van der Waals surface area contributed by atoms with E-state index in [0.29, 0.717) is 5.41 Å². The van der Waals surface area contributed by atoms with Crippen molar-refractivity contribution >= 4 is 24.8 Å². The van der Waals surface area contributed by atoms with E-state index in [4.69, 9.17) is 0 Å². The number of hydrogen-bond acceptors (Lipinski definition) is 0. The number of fused-ring (bicyclic) bond motifs is 3. The van der Waals surface area contributed by atoms with E-state index in [1.54, 1.807) is 27.4 Å². The van der Waals surface area contributed by atoms with Crippen molar-refractivity contribution in [2.75, 3.05) is 0 Å². The molecule has 2 aliphatic carbocycles. The summed E-state index contributed by atoms with van der Waals surface area (Å²) < 4.78 is 1.79. The number of allylic oxidation sites excluding steroid dienone is 4. The van der Waals surface area contributed by atoms with Crippen LogP contribution in [0.4, 0.5) is 0 Å². The average Bonchev–Trinajstić information content (AvgIpc) is 3.53. The Bertz CT molecular complexity index is 1180. The van der Waals surface area contributed by atoms with E-state index in [1.165, 1.54) is 63.9 Å². The minimum absolute atomic E-state index is 0.194. The van der Waals surface area contributed by atoms with Crippen LogP contribution < -0.4 is 0 Å². The van der Waals surface area contributed by atoms with Gasteiger partial charge in [-0.15, -0.1) is 46.2 Å². The van der Waals surface area contributed by atoms with Crippen LogP contribution in [0.5, 0.6) is 0 Å². The standard InChI is InChI=1S/C21H25.C9H13.C5H8.Zr/c1-20(2,3)16-9-7-14-11-15-8-10-17(21(4,5)6)13-19(15)18(14)12-16;1-9(2,3)8-6-4-5-7-8;1-2-4-5-3-1;/h7-13H,1-6H3;6-7H,4H2,1-3H3;1-4H2;/q2*-1;;+2. The molecule has 0 heterocycles. The van der Waals surface area contributed by atoms with Crippen LogP contribution in [0.3, 0.4) is 0 Å². The van der Waals surface area contributed by atoms with Gasteiger partial charge in [0.2, 0.25) is 0 Å². The summed E-state index contributed by atoms with van der Waals surface area (Å²) in [7, 11) is 0. The van der Waals surface area contributed by atoms with Crippen LogP contribution in [-0.2, 0) is 35.1 Å². The van der Waals surface area contributed by atoms with Gasteiger partial charge in [-0.1, -0.05) is 103 Å². The molecule has 0 bridgehead atoms. The van der Waals surface area contributed by atoms with E-state index in [-0.39, 0.29) is 10.8 Å². The van der Waals surface area contributed by atoms with E-state index in [1.807, 2.05) is 0 Å². The second-order valence-electron chi connectivity index (χ2n) is 13.5. The van der Waals surface area contributed by atoms with Crippen molar-refractivity contribution in [2.24, 2.45) is 5.41 Å². The predicted molar refractivity (Wildman–Crippen MR) is 158 cm³/mol. The van der Waals surface area contributed by atoms with Crippen molar-refractivity contribution in [1.29, 1.82) is 0 Å². The molecule has 0 amide bonds. The topological polar surface area (TPSA) is 0 Å². The fourth-order valence-electron chi connectivity index (χ4n) is 4.65. The molecule has 0 radical (unpaired) electrons. The van der Waals surface area contributed by atoms with Crippen LogP contribution in [0.2, 0.25) is 0 Å². The fourth-order valence-corrected chi connectivity index (χ4v) is 5.52. The van der Waals surface area contributed by atoms with Gasteiger partial charge in [-0.3, -0.25) is 6.08 Å². The normalized spacial score (nSPS) is 16.1. The van der Waals surface area contributed by atoms with E-state index in [0.717, 1.165) is 6.42 Å². The summed E-state index contributed by atoms with van der Waals surface area (Å²) in [5.41, 5.74) is 4.94. The number of benzene rings is 2. The molecular weight excluding hydrogens is 512 g/mol. The molecule has 1 heteroatoms. The second kappa shape index (κ2) is 11.5. The van der Waals surface area contributed by atoms with Gasteiger partial charge in [0.05, 0.1) is 0 Å². The summed E-state index contributed by atoms with van der Waals surface area (Å²) in [5.74, 6) is 0. The molecule has 1 fully saturated rings. The van der Waals surface area contributed by atoms with Crippen LogP contribution in [0.1, 0.15) is 106 Å². The third-order valence-electron chi connectivity index (χ3n) is 7.21. The van der Waals surface area contributed by atoms with Gasteiger partial charge in [0, 0.05) is 0 Å². The maximum atomic E-state index is 3.16. The van der Waals surface area contributed by atoms with Gasteiger partial charge >= 0.3 is 53.1 Å². The molecule has 2 aliphatic rings. The van der Waals surface area contributed by atoms with Gasteiger partial charge in [-0.25, -0.2) is 6.08 Å². The summed E-state index contributed by atoms with van der Waals surface area (Å²) in [6, 6.07) is 16.1. The summed E-state index contributed by atoms with van der Waals surface area (Å²) in [6.45, 7) is 20.3. The predicted octanol–water partition coefficient (Wildman–Crippen LogP) is 10.3. The summed E-state index contributed by atoms with van der Waals surface area (Å²) in [6.07, 6.45) is 14.3. The van der Waals surface area contributed by atoms with Gasteiger partial charge in [0.1, 0.15) is 0 Å². The molecule has 0 atom stereocenters. The molecule has 1 saturated carbocycles. The monoisotopic (exact) mass is 556 g/mol. The van der Waals surface area contributed by atoms with Crippen LogP contribution >= 0.6 is 0 Å². The van der Waals surface area contributed by atoms with Crippen molar-refractivity contribution in [3.8, 4) is 0 Å². The van der Waals surface area contributed by atoms with Gasteiger partial charge in [-0.2, -0.15) is 11.6 Å². The molecule has 0 N–H and O–H groups in total. The first-order chi connectivity index (χ1) is 16.7. The van der Waals surface area contributed by atoms with Crippen molar-refractivity contribution in [3.05, 3.63) is 77.4 Å². The second-order valence-corrected chi connectivity index (χ2v) is 15.3. The zero-order valence-electron chi connectivity index (χ0n) is 24.2. The first-order valence-electron chi connectivity index (χ1n) is 13.6. The molecule has 3 aromatic carbocycles. The molecule has 5 rings (SSSR count). The molecule has 0 nitrogen and oxygen atoms in total. The van der Waals surface area contributed by atoms with Gasteiger partial charge < -0.3 is 0 Å². The Morgan fingerprint density at radius 1 is 0.694 bits per heavy atom. The van der Waals surface area contributed by atoms with E-state index in [2.05, 4.69) is 123 Å². The Labute approximate surface area is 235 Å². The van der Waals surface area contributed by atoms with Crippen molar-refractivity contribution in [2.45, 2.75) is 105 Å². The third kappa shape index (κ3) is 7.77. The number of rotatable bonds is 0. The summed E-state index contributed by atoms with van der Waals surface area (Å²) in [5, 5.41) is 5.49. The molecule has 3 aromatic rings. The first kappa shape index (κ1) is 29.1. The van der Waals surface area contributed by atoms with Gasteiger partial charge in [0.25, 0.3) is 0 Å². The van der Waals surface area contributed by atoms with E-state index >= 15 is 0 Å². The summed E-state index contributed by atoms with van der Waals surface area (Å²) >= 11 is 1.68. The van der Waals surface area contributed by atoms with Crippen molar-refractivity contribution in [1.82, 2.24) is 0 Å².